The summed E-state index contributed by atoms with van der Waals surface area (Å²) in [5, 5.41) is 2.95. The van der Waals surface area contributed by atoms with Crippen LogP contribution in [0.15, 0.2) is 6.07 Å². The van der Waals surface area contributed by atoms with E-state index in [0.717, 1.165) is 16.9 Å². The molecule has 19 heavy (non-hydrogen) atoms. The lowest BCUT2D eigenvalue weighted by Gasteiger charge is -2.14. The van der Waals surface area contributed by atoms with Crippen molar-refractivity contribution in [2.75, 3.05) is 20.3 Å². The van der Waals surface area contributed by atoms with Crippen molar-refractivity contribution in [3.8, 4) is 11.8 Å². The Hall–Kier alpha value is -1.35. The van der Waals surface area contributed by atoms with Gasteiger partial charge in [0, 0.05) is 7.11 Å². The largest absolute Gasteiger partial charge is 0.383 e. The number of rotatable bonds is 5. The van der Waals surface area contributed by atoms with Crippen LogP contribution in [0.3, 0.4) is 0 Å². The molecule has 1 aromatic rings. The summed E-state index contributed by atoms with van der Waals surface area (Å²) in [6.45, 7) is 4.80. The van der Waals surface area contributed by atoms with Gasteiger partial charge in [-0.05, 0) is 25.0 Å². The fourth-order valence-corrected chi connectivity index (χ4v) is 2.52. The van der Waals surface area contributed by atoms with Gasteiger partial charge in [0.2, 0.25) is 0 Å². The first-order valence-corrected chi connectivity index (χ1v) is 7.03. The van der Waals surface area contributed by atoms with E-state index >= 15 is 0 Å². The molecule has 0 aliphatic rings. The Balaban J connectivity index is 2.77. The molecule has 1 atom stereocenters. The molecule has 1 unspecified atom stereocenters. The van der Waals surface area contributed by atoms with Crippen LogP contribution in [0.25, 0.3) is 0 Å². The highest BCUT2D eigenvalue weighted by Gasteiger charge is 2.15. The molecule has 0 aromatic carbocycles. The highest BCUT2D eigenvalue weighted by Crippen LogP contribution is 2.21. The average molecular weight is 280 g/mol. The summed E-state index contributed by atoms with van der Waals surface area (Å²) in [7, 11) is 1.63. The second-order valence-electron chi connectivity index (χ2n) is 4.16. The van der Waals surface area contributed by atoms with Crippen molar-refractivity contribution in [2.45, 2.75) is 26.3 Å². The maximum Gasteiger partial charge on any atom is 0.261 e. The summed E-state index contributed by atoms with van der Waals surface area (Å²) in [6, 6.07) is 1.90. The highest BCUT2D eigenvalue weighted by molar-refractivity contribution is 7.14. The summed E-state index contributed by atoms with van der Waals surface area (Å²) in [5.41, 5.74) is 6.36. The van der Waals surface area contributed by atoms with Crippen LogP contribution in [0.1, 0.15) is 33.5 Å². The van der Waals surface area contributed by atoms with E-state index in [0.29, 0.717) is 18.0 Å². The molecule has 0 aliphatic carbocycles. The molecular formula is C14H20N2O2S. The van der Waals surface area contributed by atoms with Gasteiger partial charge in [0.25, 0.3) is 5.91 Å². The summed E-state index contributed by atoms with van der Waals surface area (Å²) in [4.78, 5) is 13.7. The number of hydrogen-bond donors (Lipinski definition) is 2. The summed E-state index contributed by atoms with van der Waals surface area (Å²) in [6.07, 6.45) is 0.837. The van der Waals surface area contributed by atoms with Crippen LogP contribution in [0.5, 0.6) is 0 Å². The summed E-state index contributed by atoms with van der Waals surface area (Å²) < 4.78 is 5.07. The molecule has 104 valence electrons. The number of methoxy groups -OCH3 is 1. The number of thiophene rings is 1. The van der Waals surface area contributed by atoms with Gasteiger partial charge >= 0.3 is 0 Å². The SMILES string of the molecule is CCC(COC)NC(=O)c1cc(C)c(C#CCN)s1. The van der Waals surface area contributed by atoms with Crippen molar-refractivity contribution < 1.29 is 9.53 Å². The van der Waals surface area contributed by atoms with Gasteiger partial charge in [0.15, 0.2) is 0 Å². The van der Waals surface area contributed by atoms with E-state index in [2.05, 4.69) is 17.2 Å². The zero-order valence-electron chi connectivity index (χ0n) is 11.6. The summed E-state index contributed by atoms with van der Waals surface area (Å²) >= 11 is 1.40. The van der Waals surface area contributed by atoms with E-state index in [1.165, 1.54) is 11.3 Å². The zero-order valence-corrected chi connectivity index (χ0v) is 12.4. The van der Waals surface area contributed by atoms with E-state index in [4.69, 9.17) is 10.5 Å². The van der Waals surface area contributed by atoms with Crippen molar-refractivity contribution in [3.05, 3.63) is 21.4 Å². The second kappa shape index (κ2) is 7.95. The first-order chi connectivity index (χ1) is 9.12. The van der Waals surface area contributed by atoms with Crippen molar-refractivity contribution in [2.24, 2.45) is 5.73 Å². The van der Waals surface area contributed by atoms with E-state index in [1.807, 2.05) is 19.9 Å². The van der Waals surface area contributed by atoms with Gasteiger partial charge in [0.05, 0.1) is 28.9 Å². The van der Waals surface area contributed by atoms with Crippen molar-refractivity contribution in [3.63, 3.8) is 0 Å². The number of hydrogen-bond acceptors (Lipinski definition) is 4. The van der Waals surface area contributed by atoms with Gasteiger partial charge in [-0.25, -0.2) is 0 Å². The van der Waals surface area contributed by atoms with Crippen LogP contribution in [0.2, 0.25) is 0 Å². The third-order valence-electron chi connectivity index (χ3n) is 2.64. The number of carbonyl (C=O) groups excluding carboxylic acids is 1. The molecule has 4 nitrogen and oxygen atoms in total. The predicted molar refractivity (Wildman–Crippen MR) is 78.4 cm³/mol. The maximum absolute atomic E-state index is 12.1. The third-order valence-corrected chi connectivity index (χ3v) is 3.79. The smallest absolute Gasteiger partial charge is 0.261 e. The molecular weight excluding hydrogens is 260 g/mol. The Morgan fingerprint density at radius 1 is 1.63 bits per heavy atom. The van der Waals surface area contributed by atoms with E-state index < -0.39 is 0 Å². The fraction of sp³-hybridized carbons (Fsp3) is 0.500. The Bertz CT molecular complexity index is 485. The molecule has 0 spiro atoms. The molecule has 1 aromatic heterocycles. The predicted octanol–water partition coefficient (Wildman–Crippen LogP) is 1.52. The lowest BCUT2D eigenvalue weighted by Crippen LogP contribution is -2.37. The lowest BCUT2D eigenvalue weighted by molar-refractivity contribution is 0.0898. The van der Waals surface area contributed by atoms with Crippen LogP contribution >= 0.6 is 11.3 Å². The van der Waals surface area contributed by atoms with Crippen LogP contribution < -0.4 is 11.1 Å². The topological polar surface area (TPSA) is 64.3 Å². The first kappa shape index (κ1) is 15.7. The van der Waals surface area contributed by atoms with Gasteiger partial charge in [-0.2, -0.15) is 0 Å². The molecule has 1 heterocycles. The van der Waals surface area contributed by atoms with Gasteiger partial charge in [0.1, 0.15) is 0 Å². The highest BCUT2D eigenvalue weighted by atomic mass is 32.1. The molecule has 5 heteroatoms. The quantitative estimate of drug-likeness (QED) is 0.804. The van der Waals surface area contributed by atoms with Crippen molar-refractivity contribution >= 4 is 17.2 Å². The zero-order chi connectivity index (χ0) is 14.3. The number of nitrogens with two attached hydrogens (primary N) is 1. The molecule has 1 rings (SSSR count). The lowest BCUT2D eigenvalue weighted by atomic mass is 10.2. The van der Waals surface area contributed by atoms with Crippen LogP contribution in [-0.2, 0) is 4.74 Å². The number of ether oxygens (including phenoxy) is 1. The molecule has 0 aliphatic heterocycles. The number of aryl methyl sites for hydroxylation is 1. The number of nitrogens with one attached hydrogen (secondary N) is 1. The number of carbonyl (C=O) groups is 1. The molecule has 0 fully saturated rings. The normalized spacial score (nSPS) is 11.6. The monoisotopic (exact) mass is 280 g/mol. The third kappa shape index (κ3) is 4.67. The Morgan fingerprint density at radius 3 is 2.95 bits per heavy atom. The Kier molecular flexibility index (Phi) is 6.57. The second-order valence-corrected chi connectivity index (χ2v) is 5.21. The molecule has 1 amide bonds. The van der Waals surface area contributed by atoms with Crippen LogP contribution in [-0.4, -0.2) is 32.2 Å². The average Bonchev–Trinajstić information content (AvgIpc) is 2.77. The van der Waals surface area contributed by atoms with Crippen molar-refractivity contribution in [1.29, 1.82) is 0 Å². The minimum Gasteiger partial charge on any atom is -0.383 e. The molecule has 0 saturated carbocycles. The molecule has 0 bridgehead atoms. The standard InChI is InChI=1S/C14H20N2O2S/c1-4-11(9-18-3)16-14(17)13-8-10(2)12(19-13)6-5-7-15/h8,11H,4,7,9,15H2,1-3H3,(H,16,17). The molecule has 0 saturated heterocycles. The Labute approximate surface area is 118 Å². The summed E-state index contributed by atoms with van der Waals surface area (Å²) in [5.74, 6) is 5.71. The van der Waals surface area contributed by atoms with Gasteiger partial charge < -0.3 is 15.8 Å². The van der Waals surface area contributed by atoms with Gasteiger partial charge in [-0.1, -0.05) is 18.8 Å². The number of amides is 1. The first-order valence-electron chi connectivity index (χ1n) is 6.21. The molecule has 3 N–H and O–H groups in total. The van der Waals surface area contributed by atoms with Gasteiger partial charge in [-0.15, -0.1) is 11.3 Å². The molecule has 0 radical (unpaired) electrons. The Morgan fingerprint density at radius 2 is 2.37 bits per heavy atom. The van der Waals surface area contributed by atoms with Crippen molar-refractivity contribution in [1.82, 2.24) is 5.32 Å². The minimum atomic E-state index is -0.0715. The van der Waals surface area contributed by atoms with E-state index in [1.54, 1.807) is 7.11 Å². The van der Waals surface area contributed by atoms with E-state index in [-0.39, 0.29) is 11.9 Å². The fourth-order valence-electron chi connectivity index (χ4n) is 1.57. The van der Waals surface area contributed by atoms with Crippen LogP contribution in [0, 0.1) is 18.8 Å². The van der Waals surface area contributed by atoms with Gasteiger partial charge in [-0.3, -0.25) is 4.79 Å². The van der Waals surface area contributed by atoms with E-state index in [9.17, 15) is 4.79 Å². The van der Waals surface area contributed by atoms with Crippen LogP contribution in [0.4, 0.5) is 0 Å². The maximum atomic E-state index is 12.1. The minimum absolute atomic E-state index is 0.0403.